The maximum Gasteiger partial charge on any atom is 0.410 e. The molecule has 1 heterocycles. The van der Waals surface area contributed by atoms with E-state index in [1.807, 2.05) is 51.1 Å². The smallest absolute Gasteiger partial charge is 0.410 e. The monoisotopic (exact) mass is 545 g/mol. The Morgan fingerprint density at radius 1 is 0.889 bits per heavy atom. The zero-order valence-electron chi connectivity index (χ0n) is 20.3. The molecule has 36 heavy (non-hydrogen) atoms. The molecular weight excluding hydrogens is 519 g/mol. The van der Waals surface area contributed by atoms with Gasteiger partial charge in [0.25, 0.3) is 0 Å². The van der Waals surface area contributed by atoms with Crippen LogP contribution in [0, 0.1) is 0 Å². The number of hydrogen-bond donors (Lipinski definition) is 0. The Morgan fingerprint density at radius 3 is 2.11 bits per heavy atom. The molecule has 0 N–H and O–H groups in total. The van der Waals surface area contributed by atoms with Crippen molar-refractivity contribution in [3.63, 3.8) is 0 Å². The molecule has 0 fully saturated rings. The lowest BCUT2D eigenvalue weighted by molar-refractivity contribution is 0.0258. The Kier molecular flexibility index (Phi) is 7.95. The summed E-state index contributed by atoms with van der Waals surface area (Å²) in [5, 5.41) is 0.929. The van der Waals surface area contributed by atoms with Crippen molar-refractivity contribution < 1.29 is 18.3 Å². The lowest BCUT2D eigenvalue weighted by Gasteiger charge is -2.27. The third-order valence-electron chi connectivity index (χ3n) is 5.88. The van der Waals surface area contributed by atoms with E-state index in [9.17, 15) is 13.6 Å². The van der Waals surface area contributed by atoms with Crippen molar-refractivity contribution in [3.05, 3.63) is 81.8 Å². The van der Waals surface area contributed by atoms with Gasteiger partial charge in [-0.2, -0.15) is 0 Å². The molecule has 3 aromatic carbocycles. The molecule has 190 valence electrons. The second-order valence-electron chi connectivity index (χ2n) is 9.61. The lowest BCUT2D eigenvalue weighted by Crippen LogP contribution is -2.38. The summed E-state index contributed by atoms with van der Waals surface area (Å²) >= 11 is 9.62. The van der Waals surface area contributed by atoms with Crippen molar-refractivity contribution in [3.8, 4) is 11.1 Å². The van der Waals surface area contributed by atoms with Gasteiger partial charge in [0.05, 0.1) is 32.7 Å². The quantitative estimate of drug-likeness (QED) is 0.333. The van der Waals surface area contributed by atoms with Gasteiger partial charge in [0.15, 0.2) is 0 Å². The first-order chi connectivity index (χ1) is 17.0. The minimum Gasteiger partial charge on any atom is -0.755 e. The van der Waals surface area contributed by atoms with Gasteiger partial charge in [0.1, 0.15) is 5.60 Å². The molecule has 3 aromatic rings. The van der Waals surface area contributed by atoms with E-state index in [-0.39, 0.29) is 6.09 Å². The topological polar surface area (TPSA) is 72.9 Å². The van der Waals surface area contributed by atoms with E-state index in [4.69, 9.17) is 27.9 Å². The van der Waals surface area contributed by atoms with Crippen molar-refractivity contribution in [1.82, 2.24) is 4.90 Å². The van der Waals surface area contributed by atoms with Gasteiger partial charge >= 0.3 is 6.09 Å². The zero-order chi connectivity index (χ0) is 26.0. The SMILES string of the molecule is CC(C)(C)OC(=O)N1CCc2ccc(N(c3ccc(-c4ccc(Cl)c(Cl)c4)cc3)S(=O)[O-])cc2CC1. The van der Waals surface area contributed by atoms with Gasteiger partial charge < -0.3 is 14.2 Å². The molecule has 1 unspecified atom stereocenters. The molecule has 6 nitrogen and oxygen atoms in total. The van der Waals surface area contributed by atoms with Crippen LogP contribution in [-0.2, 0) is 28.8 Å². The van der Waals surface area contributed by atoms with E-state index in [1.54, 1.807) is 35.2 Å². The maximum absolute atomic E-state index is 12.5. The molecule has 1 amide bonds. The van der Waals surface area contributed by atoms with Crippen LogP contribution in [0.15, 0.2) is 60.7 Å². The second-order valence-corrected chi connectivity index (χ2v) is 11.2. The van der Waals surface area contributed by atoms with Gasteiger partial charge in [-0.1, -0.05) is 47.5 Å². The van der Waals surface area contributed by atoms with Crippen LogP contribution < -0.4 is 4.31 Å². The summed E-state index contributed by atoms with van der Waals surface area (Å²) in [6.45, 7) is 6.59. The predicted octanol–water partition coefficient (Wildman–Crippen LogP) is 6.93. The predicted molar refractivity (Wildman–Crippen MR) is 145 cm³/mol. The summed E-state index contributed by atoms with van der Waals surface area (Å²) in [6.07, 6.45) is 0.950. The number of anilines is 2. The molecule has 1 aliphatic heterocycles. The van der Waals surface area contributed by atoms with Crippen molar-refractivity contribution in [2.45, 2.75) is 39.2 Å². The Balaban J connectivity index is 1.56. The number of benzene rings is 3. The summed E-state index contributed by atoms with van der Waals surface area (Å²) in [5.74, 6) is 0. The van der Waals surface area contributed by atoms with Crippen LogP contribution in [0.2, 0.25) is 10.0 Å². The van der Waals surface area contributed by atoms with E-state index >= 15 is 0 Å². The van der Waals surface area contributed by atoms with Gasteiger partial charge in [-0.05, 0) is 92.3 Å². The van der Waals surface area contributed by atoms with E-state index in [0.717, 1.165) is 22.3 Å². The second kappa shape index (κ2) is 10.8. The van der Waals surface area contributed by atoms with E-state index in [2.05, 4.69) is 0 Å². The van der Waals surface area contributed by atoms with Gasteiger partial charge in [0.2, 0.25) is 0 Å². The number of nitrogens with zero attached hydrogens (tertiary/aromatic N) is 2. The molecule has 0 bridgehead atoms. The standard InChI is InChI=1S/C27H28Cl2N2O4S/c1-27(2,3)35-26(32)30-14-12-19-6-10-23(16-21(19)13-15-30)31(36(33)34)22-8-4-18(5-9-22)20-7-11-24(28)25(29)17-20/h4-11,16-17H,12-15H2,1-3H3,(H,33,34)/p-1. The third kappa shape index (κ3) is 6.21. The minimum absolute atomic E-state index is 0.333. The first-order valence-electron chi connectivity index (χ1n) is 11.6. The van der Waals surface area contributed by atoms with Crippen molar-refractivity contribution in [2.24, 2.45) is 0 Å². The van der Waals surface area contributed by atoms with Crippen LogP contribution in [0.3, 0.4) is 0 Å². The number of carbonyl (C=O) groups excluding carboxylic acids is 1. The van der Waals surface area contributed by atoms with Gasteiger partial charge in [-0.3, -0.25) is 8.51 Å². The third-order valence-corrected chi connectivity index (χ3v) is 7.34. The lowest BCUT2D eigenvalue weighted by atomic mass is 10.0. The zero-order valence-corrected chi connectivity index (χ0v) is 22.6. The van der Waals surface area contributed by atoms with Crippen LogP contribution in [-0.4, -0.2) is 38.4 Å². The minimum atomic E-state index is -2.53. The molecule has 0 saturated heterocycles. The van der Waals surface area contributed by atoms with Gasteiger partial charge in [-0.15, -0.1) is 0 Å². The number of carbonyl (C=O) groups is 1. The normalized spacial score (nSPS) is 14.6. The molecule has 4 rings (SSSR count). The Labute approximate surface area is 224 Å². The van der Waals surface area contributed by atoms with Crippen molar-refractivity contribution >= 4 is 51.9 Å². The first-order valence-corrected chi connectivity index (χ1v) is 13.4. The highest BCUT2D eigenvalue weighted by Crippen LogP contribution is 2.33. The Hall–Kier alpha value is -2.58. The van der Waals surface area contributed by atoms with Crippen LogP contribution in [0.1, 0.15) is 31.9 Å². The summed E-state index contributed by atoms with van der Waals surface area (Å²) in [6, 6.07) is 18.2. The average Bonchev–Trinajstić information content (AvgIpc) is 3.03. The average molecular weight is 546 g/mol. The van der Waals surface area contributed by atoms with E-state index in [1.165, 1.54) is 4.31 Å². The molecule has 0 aromatic heterocycles. The van der Waals surface area contributed by atoms with Crippen molar-refractivity contribution in [2.75, 3.05) is 17.4 Å². The highest BCUT2D eigenvalue weighted by atomic mass is 35.5. The maximum atomic E-state index is 12.5. The van der Waals surface area contributed by atoms with Crippen LogP contribution in [0.5, 0.6) is 0 Å². The highest BCUT2D eigenvalue weighted by molar-refractivity contribution is 7.81. The van der Waals surface area contributed by atoms with Crippen LogP contribution in [0.4, 0.5) is 16.2 Å². The van der Waals surface area contributed by atoms with Crippen LogP contribution in [0.25, 0.3) is 11.1 Å². The van der Waals surface area contributed by atoms with Gasteiger partial charge in [-0.25, -0.2) is 4.79 Å². The Morgan fingerprint density at radius 2 is 1.50 bits per heavy atom. The first kappa shape index (κ1) is 26.5. The number of ether oxygens (including phenoxy) is 1. The molecule has 0 aliphatic carbocycles. The molecule has 1 aliphatic rings. The number of amides is 1. The van der Waals surface area contributed by atoms with Crippen LogP contribution >= 0.6 is 23.2 Å². The molecule has 0 saturated carbocycles. The molecular formula is C27H27Cl2N2O4S-. The van der Waals surface area contributed by atoms with Gasteiger partial charge in [0, 0.05) is 13.1 Å². The van der Waals surface area contributed by atoms with Crippen molar-refractivity contribution in [1.29, 1.82) is 0 Å². The number of rotatable bonds is 4. The van der Waals surface area contributed by atoms with E-state index < -0.39 is 16.9 Å². The Bertz CT molecular complexity index is 1290. The molecule has 9 heteroatoms. The fourth-order valence-corrected chi connectivity index (χ4v) is 5.01. The fraction of sp³-hybridized carbons (Fsp3) is 0.296. The summed E-state index contributed by atoms with van der Waals surface area (Å²) < 4.78 is 31.3. The molecule has 1 atom stereocenters. The molecule has 0 spiro atoms. The largest absolute Gasteiger partial charge is 0.755 e. The van der Waals surface area contributed by atoms with E-state index in [0.29, 0.717) is 47.4 Å². The highest BCUT2D eigenvalue weighted by Gasteiger charge is 2.24. The summed E-state index contributed by atoms with van der Waals surface area (Å²) in [7, 11) is 0. The molecule has 0 radical (unpaired) electrons. The number of fused-ring (bicyclic) bond motifs is 1. The number of hydrogen-bond acceptors (Lipinski definition) is 4. The number of halogens is 2. The fourth-order valence-electron chi connectivity index (χ4n) is 4.13. The summed E-state index contributed by atoms with van der Waals surface area (Å²) in [4.78, 5) is 14.2. The summed E-state index contributed by atoms with van der Waals surface area (Å²) in [5.41, 5.74) is 4.37.